The molecule has 1 aliphatic heterocycles. The molecule has 0 bridgehead atoms. The first-order chi connectivity index (χ1) is 12.0. The molecule has 0 saturated carbocycles. The number of carbonyl (C=O) groups is 2. The molecule has 130 valence electrons. The maximum atomic E-state index is 13.0. The van der Waals surface area contributed by atoms with E-state index in [1.54, 1.807) is 0 Å². The zero-order valence-corrected chi connectivity index (χ0v) is 14.7. The van der Waals surface area contributed by atoms with Gasteiger partial charge in [0.2, 0.25) is 5.91 Å². The van der Waals surface area contributed by atoms with Crippen molar-refractivity contribution in [3.63, 3.8) is 0 Å². The van der Waals surface area contributed by atoms with Gasteiger partial charge >= 0.3 is 0 Å². The number of hydrogen-bond donors (Lipinski definition) is 2. The Morgan fingerprint density at radius 1 is 1.20 bits per heavy atom. The van der Waals surface area contributed by atoms with E-state index >= 15 is 0 Å². The Balaban J connectivity index is 1.97. The predicted octanol–water partition coefficient (Wildman–Crippen LogP) is 4.01. The maximum Gasteiger partial charge on any atom is 0.258 e. The molecule has 5 nitrogen and oxygen atoms in total. The molecule has 2 amide bonds. The average Bonchev–Trinajstić information content (AvgIpc) is 2.61. The van der Waals surface area contributed by atoms with Gasteiger partial charge in [0.25, 0.3) is 5.91 Å². The number of rotatable bonds is 4. The minimum atomic E-state index is -0.233. The molecule has 2 N–H and O–H groups in total. The molecule has 3 rings (SSSR count). The first-order valence-electron chi connectivity index (χ1n) is 8.57. The van der Waals surface area contributed by atoms with Gasteiger partial charge in [-0.2, -0.15) is 0 Å². The lowest BCUT2D eigenvalue weighted by Gasteiger charge is -2.41. The summed E-state index contributed by atoms with van der Waals surface area (Å²) in [5, 5.41) is 6.25. The molecular weight excluding hydrogens is 314 g/mol. The van der Waals surface area contributed by atoms with E-state index in [0.29, 0.717) is 5.56 Å². The summed E-state index contributed by atoms with van der Waals surface area (Å²) in [6.07, 6.45) is 0.638. The fraction of sp³-hybridized carbons (Fsp3) is 0.300. The summed E-state index contributed by atoms with van der Waals surface area (Å²) in [6, 6.07) is 15.3. The van der Waals surface area contributed by atoms with E-state index in [1.807, 2.05) is 53.4 Å². The van der Waals surface area contributed by atoms with E-state index in [9.17, 15) is 9.59 Å². The highest BCUT2D eigenvalue weighted by Crippen LogP contribution is 2.35. The van der Waals surface area contributed by atoms with Crippen LogP contribution < -0.4 is 10.6 Å². The van der Waals surface area contributed by atoms with Crippen molar-refractivity contribution in [3.8, 4) is 0 Å². The molecule has 0 radical (unpaired) electrons. The van der Waals surface area contributed by atoms with Crippen LogP contribution in [0, 0.1) is 0 Å². The Bertz CT molecular complexity index is 786. The van der Waals surface area contributed by atoms with Crippen LogP contribution >= 0.6 is 0 Å². The fourth-order valence-electron chi connectivity index (χ4n) is 3.12. The monoisotopic (exact) mass is 337 g/mol. The van der Waals surface area contributed by atoms with Gasteiger partial charge in [-0.1, -0.05) is 31.2 Å². The summed E-state index contributed by atoms with van der Waals surface area (Å²) in [5.74, 6) is -0.0616. The summed E-state index contributed by atoms with van der Waals surface area (Å²) in [7, 11) is 0. The molecule has 0 aliphatic carbocycles. The van der Waals surface area contributed by atoms with Crippen LogP contribution in [-0.4, -0.2) is 22.8 Å². The average molecular weight is 337 g/mol. The molecule has 0 spiro atoms. The van der Waals surface area contributed by atoms with Crippen LogP contribution in [0.1, 0.15) is 49.3 Å². The van der Waals surface area contributed by atoms with Crippen molar-refractivity contribution in [2.45, 2.75) is 39.4 Å². The number of amides is 2. The third kappa shape index (κ3) is 3.36. The van der Waals surface area contributed by atoms with Crippen molar-refractivity contribution in [3.05, 3.63) is 59.7 Å². The second-order valence-corrected chi connectivity index (χ2v) is 6.37. The van der Waals surface area contributed by atoms with Crippen LogP contribution in [0.5, 0.6) is 0 Å². The van der Waals surface area contributed by atoms with Gasteiger partial charge in [0.1, 0.15) is 6.17 Å². The lowest BCUT2D eigenvalue weighted by Crippen LogP contribution is -2.47. The molecule has 2 atom stereocenters. The van der Waals surface area contributed by atoms with Gasteiger partial charge in [-0.25, -0.2) is 0 Å². The summed E-state index contributed by atoms with van der Waals surface area (Å²) in [4.78, 5) is 26.1. The van der Waals surface area contributed by atoms with E-state index < -0.39 is 0 Å². The van der Waals surface area contributed by atoms with Gasteiger partial charge in [-0.15, -0.1) is 0 Å². The van der Waals surface area contributed by atoms with Gasteiger partial charge < -0.3 is 15.5 Å². The minimum absolute atomic E-state index is 0.0413. The summed E-state index contributed by atoms with van der Waals surface area (Å²) in [6.45, 7) is 5.62. The number of benzene rings is 2. The van der Waals surface area contributed by atoms with E-state index in [2.05, 4.69) is 24.5 Å². The Morgan fingerprint density at radius 2 is 1.88 bits per heavy atom. The zero-order chi connectivity index (χ0) is 18.0. The second-order valence-electron chi connectivity index (χ2n) is 6.37. The smallest absolute Gasteiger partial charge is 0.258 e. The normalized spacial score (nSPS) is 17.5. The van der Waals surface area contributed by atoms with Gasteiger partial charge in [-0.05, 0) is 43.2 Å². The minimum Gasteiger partial charge on any atom is -0.361 e. The highest BCUT2D eigenvalue weighted by Gasteiger charge is 2.35. The van der Waals surface area contributed by atoms with Crippen molar-refractivity contribution in [2.75, 3.05) is 10.6 Å². The third-order valence-electron chi connectivity index (χ3n) is 4.57. The molecule has 2 aromatic carbocycles. The Kier molecular flexibility index (Phi) is 4.74. The van der Waals surface area contributed by atoms with Crippen LogP contribution in [0.15, 0.2) is 48.5 Å². The van der Waals surface area contributed by atoms with Crippen LogP contribution in [-0.2, 0) is 4.79 Å². The number of fused-ring (bicyclic) bond motifs is 1. The van der Waals surface area contributed by atoms with Gasteiger partial charge in [0.15, 0.2) is 0 Å². The number of hydrogen-bond acceptors (Lipinski definition) is 3. The molecular formula is C20H23N3O2. The second kappa shape index (κ2) is 6.97. The summed E-state index contributed by atoms with van der Waals surface area (Å²) >= 11 is 0. The molecule has 0 aromatic heterocycles. The molecule has 2 aromatic rings. The number of nitrogens with zero attached hydrogens (tertiary/aromatic N) is 1. The van der Waals surface area contributed by atoms with Crippen LogP contribution in [0.3, 0.4) is 0 Å². The van der Waals surface area contributed by atoms with Crippen LogP contribution in [0.4, 0.5) is 11.4 Å². The molecule has 0 fully saturated rings. The Hall–Kier alpha value is -2.82. The van der Waals surface area contributed by atoms with E-state index in [0.717, 1.165) is 23.4 Å². The lowest BCUT2D eigenvalue weighted by molar-refractivity contribution is -0.114. The van der Waals surface area contributed by atoms with Gasteiger partial charge in [0.05, 0.1) is 5.56 Å². The predicted molar refractivity (Wildman–Crippen MR) is 99.5 cm³/mol. The highest BCUT2D eigenvalue weighted by molar-refractivity contribution is 6.02. The zero-order valence-electron chi connectivity index (χ0n) is 14.7. The number of anilines is 2. The Labute approximate surface area is 148 Å². The first kappa shape index (κ1) is 17.0. The van der Waals surface area contributed by atoms with E-state index in [4.69, 9.17) is 0 Å². The highest BCUT2D eigenvalue weighted by atomic mass is 16.2. The number of nitrogens with one attached hydrogen (secondary N) is 2. The lowest BCUT2D eigenvalue weighted by atomic mass is 10.0. The maximum absolute atomic E-state index is 13.0. The molecule has 1 aliphatic rings. The third-order valence-corrected chi connectivity index (χ3v) is 4.57. The summed E-state index contributed by atoms with van der Waals surface area (Å²) < 4.78 is 0. The summed E-state index contributed by atoms with van der Waals surface area (Å²) in [5.41, 5.74) is 3.28. The van der Waals surface area contributed by atoms with E-state index in [1.165, 1.54) is 6.92 Å². The SMILES string of the molecule is CC[C@@H](C)N1C(=O)c2ccccc2N[C@@H]1c1ccc(NC(C)=O)cc1. The first-order valence-corrected chi connectivity index (χ1v) is 8.57. The molecule has 0 unspecified atom stereocenters. The van der Waals surface area contributed by atoms with Crippen molar-refractivity contribution in [1.82, 2.24) is 4.90 Å². The topological polar surface area (TPSA) is 61.4 Å². The van der Waals surface area contributed by atoms with Gasteiger partial charge in [-0.3, -0.25) is 9.59 Å². The van der Waals surface area contributed by atoms with Gasteiger partial charge in [0, 0.05) is 24.3 Å². The van der Waals surface area contributed by atoms with Crippen molar-refractivity contribution >= 4 is 23.2 Å². The molecule has 1 heterocycles. The fourth-order valence-corrected chi connectivity index (χ4v) is 3.12. The standard InChI is InChI=1S/C20H23N3O2/c1-4-13(2)23-19(15-9-11-16(12-10-15)21-14(3)24)22-18-8-6-5-7-17(18)20(23)25/h5-13,19,22H,4H2,1-3H3,(H,21,24)/t13-,19+/m1/s1. The quantitative estimate of drug-likeness (QED) is 0.886. The number of carbonyl (C=O) groups excluding carboxylic acids is 2. The van der Waals surface area contributed by atoms with Crippen molar-refractivity contribution in [1.29, 1.82) is 0 Å². The van der Waals surface area contributed by atoms with E-state index in [-0.39, 0.29) is 24.0 Å². The van der Waals surface area contributed by atoms with Crippen LogP contribution in [0.25, 0.3) is 0 Å². The number of para-hydroxylation sites is 1. The Morgan fingerprint density at radius 3 is 2.52 bits per heavy atom. The van der Waals surface area contributed by atoms with Crippen molar-refractivity contribution in [2.24, 2.45) is 0 Å². The largest absolute Gasteiger partial charge is 0.361 e. The molecule has 0 saturated heterocycles. The molecule has 25 heavy (non-hydrogen) atoms. The van der Waals surface area contributed by atoms with Crippen LogP contribution in [0.2, 0.25) is 0 Å². The van der Waals surface area contributed by atoms with Crippen molar-refractivity contribution < 1.29 is 9.59 Å². The molecule has 5 heteroatoms.